The van der Waals surface area contributed by atoms with Gasteiger partial charge >= 0.3 is 0 Å². The average molecular weight is 387 g/mol. The maximum atomic E-state index is 13.9. The summed E-state index contributed by atoms with van der Waals surface area (Å²) < 4.78 is 40.9. The van der Waals surface area contributed by atoms with Crippen molar-refractivity contribution >= 4 is 15.9 Å². The summed E-state index contributed by atoms with van der Waals surface area (Å²) in [6.45, 7) is 0.876. The van der Waals surface area contributed by atoms with Crippen LogP contribution in [0.5, 0.6) is 0 Å². The zero-order valence-electron chi connectivity index (χ0n) is 14.5. The number of hydrogen-bond acceptors (Lipinski definition) is 4. The van der Waals surface area contributed by atoms with Crippen LogP contribution in [0.25, 0.3) is 0 Å². The van der Waals surface area contributed by atoms with Crippen molar-refractivity contribution in [2.45, 2.75) is 11.3 Å². The van der Waals surface area contributed by atoms with E-state index in [0.717, 1.165) is 0 Å². The SMILES string of the molecule is N#Cc1cccc(S(=O)(=O)N2CCCN(C(=O)c3ccccc3F)CC2)c1. The van der Waals surface area contributed by atoms with Crippen LogP contribution in [0.1, 0.15) is 22.3 Å². The highest BCUT2D eigenvalue weighted by Crippen LogP contribution is 2.20. The van der Waals surface area contributed by atoms with Crippen molar-refractivity contribution in [1.82, 2.24) is 9.21 Å². The van der Waals surface area contributed by atoms with Gasteiger partial charge in [-0.2, -0.15) is 9.57 Å². The number of amides is 1. The van der Waals surface area contributed by atoms with Gasteiger partial charge in [-0.1, -0.05) is 18.2 Å². The molecule has 1 heterocycles. The van der Waals surface area contributed by atoms with Gasteiger partial charge in [-0.05, 0) is 36.8 Å². The number of carbonyl (C=O) groups excluding carboxylic acids is 1. The van der Waals surface area contributed by atoms with Crippen molar-refractivity contribution < 1.29 is 17.6 Å². The Morgan fingerprint density at radius 3 is 2.56 bits per heavy atom. The molecule has 0 N–H and O–H groups in total. The van der Waals surface area contributed by atoms with Crippen molar-refractivity contribution in [3.05, 3.63) is 65.5 Å². The molecule has 2 aromatic rings. The maximum absolute atomic E-state index is 13.9. The van der Waals surface area contributed by atoms with Crippen LogP contribution in [0, 0.1) is 17.1 Å². The predicted molar refractivity (Wildman–Crippen MR) is 96.8 cm³/mol. The summed E-state index contributed by atoms with van der Waals surface area (Å²) in [6, 6.07) is 13.5. The van der Waals surface area contributed by atoms with E-state index in [4.69, 9.17) is 5.26 Å². The van der Waals surface area contributed by atoms with Crippen molar-refractivity contribution in [3.8, 4) is 6.07 Å². The molecule has 0 saturated carbocycles. The highest BCUT2D eigenvalue weighted by atomic mass is 32.2. The summed E-state index contributed by atoms with van der Waals surface area (Å²) in [6.07, 6.45) is 0.442. The molecule has 8 heteroatoms. The third-order valence-corrected chi connectivity index (χ3v) is 6.34. The van der Waals surface area contributed by atoms with Crippen molar-refractivity contribution in [1.29, 1.82) is 5.26 Å². The molecule has 0 aromatic heterocycles. The molecule has 2 aromatic carbocycles. The smallest absolute Gasteiger partial charge is 0.256 e. The second-order valence-corrected chi connectivity index (χ2v) is 8.11. The van der Waals surface area contributed by atoms with Gasteiger partial charge in [0.2, 0.25) is 10.0 Å². The summed E-state index contributed by atoms with van der Waals surface area (Å²) in [7, 11) is -3.77. The number of benzene rings is 2. The largest absolute Gasteiger partial charge is 0.337 e. The highest BCUT2D eigenvalue weighted by Gasteiger charge is 2.29. The Labute approximate surface area is 157 Å². The van der Waals surface area contributed by atoms with Crippen molar-refractivity contribution in [3.63, 3.8) is 0 Å². The van der Waals surface area contributed by atoms with Gasteiger partial charge in [-0.15, -0.1) is 0 Å². The first kappa shape index (κ1) is 19.0. The second kappa shape index (κ2) is 7.86. The Bertz CT molecular complexity index is 1000. The van der Waals surface area contributed by atoms with Crippen LogP contribution in [0.2, 0.25) is 0 Å². The molecule has 1 fully saturated rings. The molecule has 0 radical (unpaired) electrons. The van der Waals surface area contributed by atoms with Gasteiger partial charge < -0.3 is 4.90 Å². The minimum atomic E-state index is -3.77. The molecule has 3 rings (SSSR count). The lowest BCUT2D eigenvalue weighted by atomic mass is 10.2. The number of nitrogens with zero attached hydrogens (tertiary/aromatic N) is 3. The van der Waals surface area contributed by atoms with Gasteiger partial charge in [0.05, 0.1) is 22.1 Å². The lowest BCUT2D eigenvalue weighted by Gasteiger charge is -2.22. The molecule has 1 amide bonds. The van der Waals surface area contributed by atoms with Gasteiger partial charge in [-0.3, -0.25) is 4.79 Å². The van der Waals surface area contributed by atoms with Crippen LogP contribution in [0.15, 0.2) is 53.4 Å². The summed E-state index contributed by atoms with van der Waals surface area (Å²) in [5.74, 6) is -1.04. The third kappa shape index (κ3) is 3.99. The van der Waals surface area contributed by atoms with E-state index in [1.165, 1.54) is 51.7 Å². The lowest BCUT2D eigenvalue weighted by molar-refractivity contribution is 0.0759. The fourth-order valence-electron chi connectivity index (χ4n) is 3.02. The van der Waals surface area contributed by atoms with Crippen LogP contribution in [0.4, 0.5) is 4.39 Å². The summed E-state index contributed by atoms with van der Waals surface area (Å²) in [5.41, 5.74) is 0.248. The molecule has 0 aliphatic carbocycles. The number of sulfonamides is 1. The monoisotopic (exact) mass is 387 g/mol. The van der Waals surface area contributed by atoms with E-state index in [1.807, 2.05) is 6.07 Å². The first-order chi connectivity index (χ1) is 12.9. The minimum Gasteiger partial charge on any atom is -0.337 e. The van der Waals surface area contributed by atoms with Gasteiger partial charge in [0.1, 0.15) is 5.82 Å². The molecule has 140 valence electrons. The number of hydrogen-bond donors (Lipinski definition) is 0. The topological polar surface area (TPSA) is 81.5 Å². The summed E-state index contributed by atoms with van der Waals surface area (Å²) in [5, 5.41) is 8.98. The highest BCUT2D eigenvalue weighted by molar-refractivity contribution is 7.89. The van der Waals surface area contributed by atoms with Crippen LogP contribution >= 0.6 is 0 Å². The van der Waals surface area contributed by atoms with Crippen molar-refractivity contribution in [2.24, 2.45) is 0 Å². The van der Waals surface area contributed by atoms with E-state index >= 15 is 0 Å². The quantitative estimate of drug-likeness (QED) is 0.809. The number of nitriles is 1. The molecule has 1 aliphatic heterocycles. The molecule has 0 unspecified atom stereocenters. The summed E-state index contributed by atoms with van der Waals surface area (Å²) in [4.78, 5) is 14.1. The molecule has 1 aliphatic rings. The Hall–Kier alpha value is -2.76. The third-order valence-electron chi connectivity index (χ3n) is 4.45. The Morgan fingerprint density at radius 2 is 1.81 bits per heavy atom. The molecular formula is C19H18FN3O3S. The molecule has 27 heavy (non-hydrogen) atoms. The molecule has 0 spiro atoms. The number of rotatable bonds is 3. The normalized spacial score (nSPS) is 15.8. The van der Waals surface area contributed by atoms with E-state index in [2.05, 4.69) is 0 Å². The predicted octanol–water partition coefficient (Wildman–Crippen LogP) is 2.23. The zero-order chi connectivity index (χ0) is 19.4. The number of halogens is 1. The Kier molecular flexibility index (Phi) is 5.54. The first-order valence-corrected chi connectivity index (χ1v) is 9.91. The van der Waals surface area contributed by atoms with E-state index in [0.29, 0.717) is 13.0 Å². The van der Waals surface area contributed by atoms with Gasteiger partial charge in [-0.25, -0.2) is 12.8 Å². The first-order valence-electron chi connectivity index (χ1n) is 8.47. The van der Waals surface area contributed by atoms with Crippen LogP contribution in [0.3, 0.4) is 0 Å². The summed E-state index contributed by atoms with van der Waals surface area (Å²) >= 11 is 0. The van der Waals surface area contributed by atoms with Crippen LogP contribution in [-0.4, -0.2) is 49.7 Å². The van der Waals surface area contributed by atoms with E-state index in [1.54, 1.807) is 6.07 Å². The average Bonchev–Trinajstić information content (AvgIpc) is 2.94. The molecule has 6 nitrogen and oxygen atoms in total. The molecule has 0 atom stereocenters. The Morgan fingerprint density at radius 1 is 1.04 bits per heavy atom. The fourth-order valence-corrected chi connectivity index (χ4v) is 4.53. The van der Waals surface area contributed by atoms with E-state index < -0.39 is 21.7 Å². The molecule has 0 bridgehead atoms. The van der Waals surface area contributed by atoms with E-state index in [-0.39, 0.29) is 35.7 Å². The zero-order valence-corrected chi connectivity index (χ0v) is 15.3. The fraction of sp³-hybridized carbons (Fsp3) is 0.263. The molecule has 1 saturated heterocycles. The maximum Gasteiger partial charge on any atom is 0.256 e. The lowest BCUT2D eigenvalue weighted by Crippen LogP contribution is -2.37. The van der Waals surface area contributed by atoms with Crippen molar-refractivity contribution in [2.75, 3.05) is 26.2 Å². The standard InChI is InChI=1S/C19H18FN3O3S/c20-18-8-2-1-7-17(18)19(24)22-9-4-10-23(12-11-22)27(25,26)16-6-3-5-15(13-16)14-21/h1-3,5-8,13H,4,9-12H2. The number of carbonyl (C=O) groups is 1. The minimum absolute atomic E-state index is 0.0180. The van der Waals surface area contributed by atoms with Gasteiger partial charge in [0.15, 0.2) is 0 Å². The van der Waals surface area contributed by atoms with Gasteiger partial charge in [0, 0.05) is 26.2 Å². The van der Waals surface area contributed by atoms with E-state index in [9.17, 15) is 17.6 Å². The van der Waals surface area contributed by atoms with Gasteiger partial charge in [0.25, 0.3) is 5.91 Å². The van der Waals surface area contributed by atoms with Crippen LogP contribution < -0.4 is 0 Å². The molecular weight excluding hydrogens is 369 g/mol. The second-order valence-electron chi connectivity index (χ2n) is 6.17. The van der Waals surface area contributed by atoms with Crippen LogP contribution in [-0.2, 0) is 10.0 Å². The Balaban J connectivity index is 1.77.